The van der Waals surface area contributed by atoms with Gasteiger partial charge < -0.3 is 9.47 Å². The molecule has 170 valence electrons. The lowest BCUT2D eigenvalue weighted by atomic mass is 10.0. The zero-order valence-electron chi connectivity index (χ0n) is 18.7. The van der Waals surface area contributed by atoms with Crippen molar-refractivity contribution in [2.24, 2.45) is 5.10 Å². The summed E-state index contributed by atoms with van der Waals surface area (Å²) < 4.78 is 11.1. The molecule has 0 aromatic heterocycles. The molecule has 0 heterocycles. The second kappa shape index (κ2) is 11.3. The number of nitrogens with one attached hydrogen (secondary N) is 1. The largest absolute Gasteiger partial charge is 0.483 e. The van der Waals surface area contributed by atoms with Gasteiger partial charge in [0, 0.05) is 0 Å². The van der Waals surface area contributed by atoms with E-state index in [1.165, 1.54) is 6.21 Å². The quantitative estimate of drug-likeness (QED) is 0.206. The number of benzene rings is 3. The SMILES string of the molecule is Cc1ccc(C(C)C)c(OCC(=O)N/N=C\c2cccc(OC(=O)c3ccccc3Cl)c2)c1. The number of hydrogen-bond donors (Lipinski definition) is 1. The Morgan fingerprint density at radius 3 is 2.61 bits per heavy atom. The summed E-state index contributed by atoms with van der Waals surface area (Å²) in [6.07, 6.45) is 1.46. The summed E-state index contributed by atoms with van der Waals surface area (Å²) in [5, 5.41) is 4.27. The second-order valence-corrected chi connectivity index (χ2v) is 8.13. The number of carbonyl (C=O) groups is 2. The van der Waals surface area contributed by atoms with Gasteiger partial charge in [-0.15, -0.1) is 0 Å². The Kier molecular flexibility index (Phi) is 8.22. The van der Waals surface area contributed by atoms with Gasteiger partial charge >= 0.3 is 5.97 Å². The number of rotatable bonds is 8. The van der Waals surface area contributed by atoms with E-state index in [1.807, 2.05) is 25.1 Å². The van der Waals surface area contributed by atoms with Crippen LogP contribution in [0.2, 0.25) is 5.02 Å². The first-order valence-corrected chi connectivity index (χ1v) is 10.8. The number of amides is 1. The lowest BCUT2D eigenvalue weighted by Gasteiger charge is -2.14. The Morgan fingerprint density at radius 2 is 1.85 bits per heavy atom. The van der Waals surface area contributed by atoms with Crippen molar-refractivity contribution in [2.75, 3.05) is 6.61 Å². The predicted octanol–water partition coefficient (Wildman–Crippen LogP) is 5.52. The number of hydrazone groups is 1. The fourth-order valence-electron chi connectivity index (χ4n) is 3.05. The van der Waals surface area contributed by atoms with E-state index in [2.05, 4.69) is 24.4 Å². The highest BCUT2D eigenvalue weighted by Crippen LogP contribution is 2.27. The molecule has 0 saturated carbocycles. The van der Waals surface area contributed by atoms with Gasteiger partial charge in [-0.05, 0) is 59.9 Å². The van der Waals surface area contributed by atoms with Crippen LogP contribution in [0.25, 0.3) is 0 Å². The minimum absolute atomic E-state index is 0.157. The van der Waals surface area contributed by atoms with Crippen LogP contribution in [-0.2, 0) is 4.79 Å². The van der Waals surface area contributed by atoms with Crippen molar-refractivity contribution >= 4 is 29.7 Å². The molecular weight excluding hydrogens is 440 g/mol. The third kappa shape index (κ3) is 6.92. The molecule has 1 N–H and O–H groups in total. The van der Waals surface area contributed by atoms with E-state index in [0.717, 1.165) is 11.1 Å². The average Bonchev–Trinajstić information content (AvgIpc) is 2.78. The number of halogens is 1. The fourth-order valence-corrected chi connectivity index (χ4v) is 3.26. The summed E-state index contributed by atoms with van der Waals surface area (Å²) >= 11 is 6.04. The Balaban J connectivity index is 1.55. The molecule has 0 atom stereocenters. The monoisotopic (exact) mass is 464 g/mol. The number of nitrogens with zero attached hydrogens (tertiary/aromatic N) is 1. The Hall–Kier alpha value is -3.64. The van der Waals surface area contributed by atoms with E-state index in [4.69, 9.17) is 21.1 Å². The lowest BCUT2D eigenvalue weighted by Crippen LogP contribution is -2.25. The third-order valence-corrected chi connectivity index (χ3v) is 5.04. The van der Waals surface area contributed by atoms with E-state index in [9.17, 15) is 9.59 Å². The molecule has 33 heavy (non-hydrogen) atoms. The molecule has 0 aliphatic carbocycles. The molecule has 0 radical (unpaired) electrons. The summed E-state index contributed by atoms with van der Waals surface area (Å²) in [6.45, 7) is 5.96. The zero-order chi connectivity index (χ0) is 23.8. The standard InChI is InChI=1S/C26H25ClN2O4/c1-17(2)21-12-11-18(3)13-24(21)32-16-25(30)29-28-15-19-7-6-8-20(14-19)33-26(31)22-9-4-5-10-23(22)27/h4-15,17H,16H2,1-3H3,(H,29,30)/b28-15-. The first-order valence-electron chi connectivity index (χ1n) is 10.5. The van der Waals surface area contributed by atoms with Gasteiger partial charge in [-0.1, -0.05) is 61.8 Å². The molecule has 3 aromatic carbocycles. The topological polar surface area (TPSA) is 77.0 Å². The molecule has 6 nitrogen and oxygen atoms in total. The summed E-state index contributed by atoms with van der Waals surface area (Å²) in [6, 6.07) is 19.4. The Morgan fingerprint density at radius 1 is 1.06 bits per heavy atom. The molecule has 0 bridgehead atoms. The summed E-state index contributed by atoms with van der Waals surface area (Å²) in [7, 11) is 0. The summed E-state index contributed by atoms with van der Waals surface area (Å²) in [5.74, 6) is 0.359. The molecule has 7 heteroatoms. The van der Waals surface area contributed by atoms with Crippen molar-refractivity contribution in [3.05, 3.63) is 94.0 Å². The summed E-state index contributed by atoms with van der Waals surface area (Å²) in [4.78, 5) is 24.5. The highest BCUT2D eigenvalue weighted by molar-refractivity contribution is 6.33. The van der Waals surface area contributed by atoms with Gasteiger partial charge in [0.25, 0.3) is 5.91 Å². The van der Waals surface area contributed by atoms with Gasteiger partial charge in [-0.2, -0.15) is 5.10 Å². The van der Waals surface area contributed by atoms with Gasteiger partial charge in [0.05, 0.1) is 16.8 Å². The maximum Gasteiger partial charge on any atom is 0.345 e. The molecule has 0 fully saturated rings. The normalized spacial score (nSPS) is 10.9. The predicted molar refractivity (Wildman–Crippen MR) is 129 cm³/mol. The highest BCUT2D eigenvalue weighted by atomic mass is 35.5. The highest BCUT2D eigenvalue weighted by Gasteiger charge is 2.12. The third-order valence-electron chi connectivity index (χ3n) is 4.72. The van der Waals surface area contributed by atoms with Crippen LogP contribution in [0.5, 0.6) is 11.5 Å². The van der Waals surface area contributed by atoms with E-state index in [0.29, 0.717) is 22.1 Å². The minimum Gasteiger partial charge on any atom is -0.483 e. The van der Waals surface area contributed by atoms with Crippen LogP contribution in [0.4, 0.5) is 0 Å². The molecule has 3 rings (SSSR count). The minimum atomic E-state index is -0.558. The fraction of sp³-hybridized carbons (Fsp3) is 0.192. The lowest BCUT2D eigenvalue weighted by molar-refractivity contribution is -0.123. The van der Waals surface area contributed by atoms with Crippen molar-refractivity contribution in [3.8, 4) is 11.5 Å². The molecule has 0 aliphatic rings. The molecule has 0 saturated heterocycles. The number of carbonyl (C=O) groups excluding carboxylic acids is 2. The molecule has 0 aliphatic heterocycles. The van der Waals surface area contributed by atoms with Crippen molar-refractivity contribution in [3.63, 3.8) is 0 Å². The number of aryl methyl sites for hydroxylation is 1. The van der Waals surface area contributed by atoms with Crippen LogP contribution in [0.1, 0.15) is 46.8 Å². The van der Waals surface area contributed by atoms with Crippen LogP contribution >= 0.6 is 11.6 Å². The van der Waals surface area contributed by atoms with Gasteiger partial charge in [-0.25, -0.2) is 10.2 Å². The van der Waals surface area contributed by atoms with Crippen molar-refractivity contribution in [2.45, 2.75) is 26.7 Å². The Bertz CT molecular complexity index is 1170. The number of hydrogen-bond acceptors (Lipinski definition) is 5. The molecule has 1 amide bonds. The van der Waals surface area contributed by atoms with Gasteiger partial charge in [-0.3, -0.25) is 4.79 Å². The molecule has 3 aromatic rings. The van der Waals surface area contributed by atoms with Gasteiger partial charge in [0.15, 0.2) is 6.61 Å². The number of esters is 1. The van der Waals surface area contributed by atoms with Crippen LogP contribution in [0, 0.1) is 6.92 Å². The van der Waals surface area contributed by atoms with Gasteiger partial charge in [0.2, 0.25) is 0 Å². The first-order chi connectivity index (χ1) is 15.8. The maximum atomic E-state index is 12.3. The zero-order valence-corrected chi connectivity index (χ0v) is 19.4. The molecule has 0 unspecified atom stereocenters. The summed E-state index contributed by atoms with van der Waals surface area (Å²) in [5.41, 5.74) is 5.46. The smallest absolute Gasteiger partial charge is 0.345 e. The molecular formula is C26H25ClN2O4. The Labute approximate surface area is 198 Å². The van der Waals surface area contributed by atoms with Gasteiger partial charge in [0.1, 0.15) is 11.5 Å². The average molecular weight is 465 g/mol. The van der Waals surface area contributed by atoms with E-state index in [1.54, 1.807) is 48.5 Å². The van der Waals surface area contributed by atoms with Crippen LogP contribution in [0.15, 0.2) is 71.8 Å². The van der Waals surface area contributed by atoms with E-state index >= 15 is 0 Å². The first kappa shape index (κ1) is 24.0. The molecule has 0 spiro atoms. The second-order valence-electron chi connectivity index (χ2n) is 7.72. The van der Waals surface area contributed by atoms with Crippen molar-refractivity contribution in [1.29, 1.82) is 0 Å². The van der Waals surface area contributed by atoms with Crippen LogP contribution in [0.3, 0.4) is 0 Å². The van der Waals surface area contributed by atoms with Crippen LogP contribution < -0.4 is 14.9 Å². The number of ether oxygens (including phenoxy) is 2. The van der Waals surface area contributed by atoms with E-state index in [-0.39, 0.29) is 24.0 Å². The van der Waals surface area contributed by atoms with Crippen molar-refractivity contribution < 1.29 is 19.1 Å². The van der Waals surface area contributed by atoms with Crippen molar-refractivity contribution in [1.82, 2.24) is 5.43 Å². The maximum absolute atomic E-state index is 12.3. The van der Waals surface area contributed by atoms with Crippen LogP contribution in [-0.4, -0.2) is 24.7 Å². The van der Waals surface area contributed by atoms with E-state index < -0.39 is 5.97 Å².